The Balaban J connectivity index is 0.000000640. The number of imidazole rings is 1. The van der Waals surface area contributed by atoms with Crippen LogP contribution in [0.1, 0.15) is 11.5 Å². The molecule has 1 heterocycles. The Hall–Kier alpha value is -0.500. The van der Waals surface area contributed by atoms with Gasteiger partial charge in [-0.25, -0.2) is 4.98 Å². The smallest absolute Gasteiger partial charge is 0.105 e. The SMILES string of the molecule is Cc1cn(C)c(C)n1.Cl. The third-order valence-electron chi connectivity index (χ3n) is 1.23. The lowest BCUT2D eigenvalue weighted by Gasteiger charge is -1.87. The topological polar surface area (TPSA) is 17.8 Å². The highest BCUT2D eigenvalue weighted by atomic mass is 35.5. The van der Waals surface area contributed by atoms with Crippen molar-refractivity contribution >= 4 is 12.4 Å². The Morgan fingerprint density at radius 2 is 2.00 bits per heavy atom. The fourth-order valence-electron chi connectivity index (χ4n) is 0.737. The third kappa shape index (κ3) is 1.72. The van der Waals surface area contributed by atoms with E-state index in [9.17, 15) is 0 Å². The van der Waals surface area contributed by atoms with Gasteiger partial charge in [0, 0.05) is 13.2 Å². The molecule has 0 aliphatic rings. The van der Waals surface area contributed by atoms with E-state index in [1.807, 2.05) is 31.7 Å². The standard InChI is InChI=1S/C6H10N2.ClH/c1-5-4-8(3)6(2)7-5;/h4H,1-3H3;1H. The lowest BCUT2D eigenvalue weighted by Crippen LogP contribution is -1.86. The van der Waals surface area contributed by atoms with Crippen molar-refractivity contribution in [3.05, 3.63) is 17.7 Å². The molecule has 1 aromatic rings. The molecule has 0 bridgehead atoms. The first-order valence-corrected chi connectivity index (χ1v) is 2.66. The van der Waals surface area contributed by atoms with Gasteiger partial charge in [-0.3, -0.25) is 0 Å². The maximum absolute atomic E-state index is 4.17. The van der Waals surface area contributed by atoms with Crippen LogP contribution in [0.5, 0.6) is 0 Å². The quantitative estimate of drug-likeness (QED) is 0.542. The average Bonchev–Trinajstić information content (AvgIpc) is 1.85. The van der Waals surface area contributed by atoms with Crippen LogP contribution in [0.3, 0.4) is 0 Å². The first-order valence-electron chi connectivity index (χ1n) is 2.66. The molecule has 0 spiro atoms. The summed E-state index contributed by atoms with van der Waals surface area (Å²) in [6.45, 7) is 3.99. The zero-order valence-electron chi connectivity index (χ0n) is 5.88. The summed E-state index contributed by atoms with van der Waals surface area (Å²) in [7, 11) is 2.00. The molecule has 9 heavy (non-hydrogen) atoms. The van der Waals surface area contributed by atoms with Crippen LogP contribution >= 0.6 is 12.4 Å². The van der Waals surface area contributed by atoms with E-state index in [1.165, 1.54) is 0 Å². The van der Waals surface area contributed by atoms with Crippen molar-refractivity contribution in [3.63, 3.8) is 0 Å². The summed E-state index contributed by atoms with van der Waals surface area (Å²) >= 11 is 0. The third-order valence-corrected chi connectivity index (χ3v) is 1.23. The second-order valence-electron chi connectivity index (χ2n) is 2.04. The van der Waals surface area contributed by atoms with Crippen molar-refractivity contribution in [1.29, 1.82) is 0 Å². The molecule has 0 aliphatic carbocycles. The monoisotopic (exact) mass is 146 g/mol. The highest BCUT2D eigenvalue weighted by Gasteiger charge is 1.91. The van der Waals surface area contributed by atoms with Gasteiger partial charge in [-0.15, -0.1) is 12.4 Å². The summed E-state index contributed by atoms with van der Waals surface area (Å²) in [5.74, 6) is 1.07. The number of aromatic nitrogens is 2. The van der Waals surface area contributed by atoms with Crippen molar-refractivity contribution in [3.8, 4) is 0 Å². The van der Waals surface area contributed by atoms with E-state index in [4.69, 9.17) is 0 Å². The first-order chi connectivity index (χ1) is 3.70. The van der Waals surface area contributed by atoms with Gasteiger partial charge < -0.3 is 4.57 Å². The number of rotatable bonds is 0. The number of hydrogen-bond acceptors (Lipinski definition) is 1. The molecule has 1 aromatic heterocycles. The molecule has 0 unspecified atom stereocenters. The number of aryl methyl sites for hydroxylation is 3. The molecule has 0 radical (unpaired) electrons. The first kappa shape index (κ1) is 8.50. The minimum atomic E-state index is 0. The summed E-state index contributed by atoms with van der Waals surface area (Å²) in [5, 5.41) is 0. The van der Waals surface area contributed by atoms with Crippen LogP contribution in [0.15, 0.2) is 6.20 Å². The molecule has 0 saturated carbocycles. The Morgan fingerprint density at radius 3 is 2.11 bits per heavy atom. The van der Waals surface area contributed by atoms with Crippen LogP contribution in [0.4, 0.5) is 0 Å². The van der Waals surface area contributed by atoms with E-state index < -0.39 is 0 Å². The van der Waals surface area contributed by atoms with E-state index in [-0.39, 0.29) is 12.4 Å². The van der Waals surface area contributed by atoms with Gasteiger partial charge in [-0.1, -0.05) is 0 Å². The zero-order chi connectivity index (χ0) is 6.15. The molecule has 0 N–H and O–H groups in total. The minimum Gasteiger partial charge on any atom is -0.338 e. The fraction of sp³-hybridized carbons (Fsp3) is 0.500. The molecule has 0 atom stereocenters. The van der Waals surface area contributed by atoms with Gasteiger partial charge >= 0.3 is 0 Å². The predicted molar refractivity (Wildman–Crippen MR) is 39.9 cm³/mol. The van der Waals surface area contributed by atoms with Crippen LogP contribution in [0.2, 0.25) is 0 Å². The van der Waals surface area contributed by atoms with Crippen molar-refractivity contribution in [1.82, 2.24) is 9.55 Å². The van der Waals surface area contributed by atoms with Crippen LogP contribution in [0.25, 0.3) is 0 Å². The number of nitrogens with zero attached hydrogens (tertiary/aromatic N) is 2. The van der Waals surface area contributed by atoms with Gasteiger partial charge in [0.25, 0.3) is 0 Å². The van der Waals surface area contributed by atoms with Crippen molar-refractivity contribution in [2.45, 2.75) is 13.8 Å². The van der Waals surface area contributed by atoms with Gasteiger partial charge in [0.15, 0.2) is 0 Å². The maximum Gasteiger partial charge on any atom is 0.105 e. The molecule has 52 valence electrons. The molecular weight excluding hydrogens is 136 g/mol. The highest BCUT2D eigenvalue weighted by Crippen LogP contribution is 1.95. The largest absolute Gasteiger partial charge is 0.338 e. The Labute approximate surface area is 61.3 Å². The van der Waals surface area contributed by atoms with E-state index in [0.717, 1.165) is 11.5 Å². The lowest BCUT2D eigenvalue weighted by atomic mass is 10.6. The van der Waals surface area contributed by atoms with E-state index in [0.29, 0.717) is 0 Å². The summed E-state index contributed by atoms with van der Waals surface area (Å²) < 4.78 is 2.01. The predicted octanol–water partition coefficient (Wildman–Crippen LogP) is 1.46. The molecule has 1 rings (SSSR count). The van der Waals surface area contributed by atoms with Crippen molar-refractivity contribution < 1.29 is 0 Å². The molecule has 0 aromatic carbocycles. The zero-order valence-corrected chi connectivity index (χ0v) is 6.70. The van der Waals surface area contributed by atoms with E-state index in [1.54, 1.807) is 0 Å². The Bertz CT molecular complexity index is 173. The molecule has 0 amide bonds. The summed E-state index contributed by atoms with van der Waals surface area (Å²) in [5.41, 5.74) is 1.09. The average molecular weight is 147 g/mol. The molecule has 3 heteroatoms. The molecule has 2 nitrogen and oxygen atoms in total. The highest BCUT2D eigenvalue weighted by molar-refractivity contribution is 5.85. The van der Waals surface area contributed by atoms with Crippen LogP contribution < -0.4 is 0 Å². The van der Waals surface area contributed by atoms with E-state index >= 15 is 0 Å². The second-order valence-corrected chi connectivity index (χ2v) is 2.04. The molecule has 0 fully saturated rings. The molecular formula is C6H11ClN2. The second kappa shape index (κ2) is 2.87. The molecule has 0 aliphatic heterocycles. The molecule has 0 saturated heterocycles. The van der Waals surface area contributed by atoms with Gasteiger partial charge in [-0.05, 0) is 13.8 Å². The van der Waals surface area contributed by atoms with Crippen LogP contribution in [-0.2, 0) is 7.05 Å². The Kier molecular flexibility index (Phi) is 2.71. The lowest BCUT2D eigenvalue weighted by molar-refractivity contribution is 0.858. The van der Waals surface area contributed by atoms with Crippen molar-refractivity contribution in [2.75, 3.05) is 0 Å². The summed E-state index contributed by atoms with van der Waals surface area (Å²) in [4.78, 5) is 4.17. The number of halogens is 1. The minimum absolute atomic E-state index is 0. The van der Waals surface area contributed by atoms with Gasteiger partial charge in [-0.2, -0.15) is 0 Å². The van der Waals surface area contributed by atoms with Gasteiger partial charge in [0.1, 0.15) is 5.82 Å². The summed E-state index contributed by atoms with van der Waals surface area (Å²) in [6.07, 6.45) is 2.01. The van der Waals surface area contributed by atoms with Gasteiger partial charge in [0.05, 0.1) is 5.69 Å². The van der Waals surface area contributed by atoms with Gasteiger partial charge in [0.2, 0.25) is 0 Å². The fourth-order valence-corrected chi connectivity index (χ4v) is 0.737. The van der Waals surface area contributed by atoms with Crippen LogP contribution in [0, 0.1) is 13.8 Å². The summed E-state index contributed by atoms with van der Waals surface area (Å²) in [6, 6.07) is 0. The maximum atomic E-state index is 4.17. The van der Waals surface area contributed by atoms with E-state index in [2.05, 4.69) is 4.98 Å². The van der Waals surface area contributed by atoms with Crippen molar-refractivity contribution in [2.24, 2.45) is 7.05 Å². The number of hydrogen-bond donors (Lipinski definition) is 0. The Morgan fingerprint density at radius 1 is 1.44 bits per heavy atom. The van der Waals surface area contributed by atoms with Crippen LogP contribution in [-0.4, -0.2) is 9.55 Å². The normalized spacial score (nSPS) is 8.78.